The van der Waals surface area contributed by atoms with Crippen LogP contribution in [0.2, 0.25) is 0 Å². The number of aryl methyl sites for hydroxylation is 1. The highest BCUT2D eigenvalue weighted by Gasteiger charge is 2.07. The van der Waals surface area contributed by atoms with Crippen LogP contribution in [0.1, 0.15) is 12.2 Å². The number of hydrogen-bond donors (Lipinski definition) is 1. The molecular formula is C19H20FN3O2. The molecule has 0 radical (unpaired) electrons. The van der Waals surface area contributed by atoms with Crippen molar-refractivity contribution in [2.45, 2.75) is 19.9 Å². The maximum Gasteiger partial charge on any atom is 0.223 e. The lowest BCUT2D eigenvalue weighted by Crippen LogP contribution is -2.28. The number of aromatic nitrogens is 2. The van der Waals surface area contributed by atoms with Gasteiger partial charge in [-0.25, -0.2) is 9.37 Å². The van der Waals surface area contributed by atoms with Gasteiger partial charge in [0.25, 0.3) is 0 Å². The smallest absolute Gasteiger partial charge is 0.223 e. The van der Waals surface area contributed by atoms with E-state index in [0.29, 0.717) is 18.8 Å². The van der Waals surface area contributed by atoms with Crippen LogP contribution in [-0.2, 0) is 11.3 Å². The monoisotopic (exact) mass is 341 g/mol. The van der Waals surface area contributed by atoms with Crippen molar-refractivity contribution in [3.63, 3.8) is 0 Å². The molecule has 1 aromatic heterocycles. The second kappa shape index (κ2) is 7.79. The van der Waals surface area contributed by atoms with E-state index < -0.39 is 0 Å². The summed E-state index contributed by atoms with van der Waals surface area (Å²) in [7, 11) is 0. The minimum absolute atomic E-state index is 0.0795. The Morgan fingerprint density at radius 2 is 1.96 bits per heavy atom. The van der Waals surface area contributed by atoms with Crippen molar-refractivity contribution in [1.29, 1.82) is 0 Å². The molecule has 0 atom stereocenters. The summed E-state index contributed by atoms with van der Waals surface area (Å²) in [6.07, 6.45) is 0.251. The molecule has 1 N–H and O–H groups in total. The van der Waals surface area contributed by atoms with Crippen LogP contribution in [0.5, 0.6) is 5.75 Å². The third-order valence-electron chi connectivity index (χ3n) is 3.91. The van der Waals surface area contributed by atoms with Gasteiger partial charge in [0.15, 0.2) is 0 Å². The van der Waals surface area contributed by atoms with Gasteiger partial charge in [-0.2, -0.15) is 0 Å². The van der Waals surface area contributed by atoms with Gasteiger partial charge in [-0.3, -0.25) is 4.79 Å². The number of amides is 1. The van der Waals surface area contributed by atoms with Gasteiger partial charge >= 0.3 is 0 Å². The molecule has 3 aromatic rings. The second-order valence-corrected chi connectivity index (χ2v) is 5.70. The fourth-order valence-electron chi connectivity index (χ4n) is 2.67. The number of imidazole rings is 1. The largest absolute Gasteiger partial charge is 0.493 e. The first kappa shape index (κ1) is 17.0. The molecule has 6 heteroatoms. The molecule has 0 aliphatic carbocycles. The van der Waals surface area contributed by atoms with Crippen LogP contribution in [0, 0.1) is 12.7 Å². The summed E-state index contributed by atoms with van der Waals surface area (Å²) in [5.74, 6) is 1.08. The van der Waals surface area contributed by atoms with E-state index in [1.54, 1.807) is 12.1 Å². The van der Waals surface area contributed by atoms with E-state index in [4.69, 9.17) is 4.74 Å². The standard InChI is InChI=1S/C19H20FN3O2/c1-14-22-17-4-2-3-5-18(17)23(14)12-11-21-19(24)10-13-25-16-8-6-15(20)7-9-16/h2-9H,10-13H2,1H3,(H,21,24). The SMILES string of the molecule is Cc1nc2ccccc2n1CCNC(=O)CCOc1ccc(F)cc1. The van der Waals surface area contributed by atoms with Crippen molar-refractivity contribution in [2.24, 2.45) is 0 Å². The lowest BCUT2D eigenvalue weighted by molar-refractivity contribution is -0.121. The molecule has 3 rings (SSSR count). The number of para-hydroxylation sites is 2. The lowest BCUT2D eigenvalue weighted by atomic mass is 10.3. The zero-order chi connectivity index (χ0) is 17.6. The van der Waals surface area contributed by atoms with Gasteiger partial charge in [-0.15, -0.1) is 0 Å². The van der Waals surface area contributed by atoms with E-state index in [-0.39, 0.29) is 24.8 Å². The Hall–Kier alpha value is -2.89. The Morgan fingerprint density at radius 1 is 1.20 bits per heavy atom. The zero-order valence-electron chi connectivity index (χ0n) is 14.0. The Kier molecular flexibility index (Phi) is 5.28. The number of nitrogens with zero attached hydrogens (tertiary/aromatic N) is 2. The maximum absolute atomic E-state index is 12.8. The minimum atomic E-state index is -0.313. The number of carbonyl (C=O) groups is 1. The van der Waals surface area contributed by atoms with Crippen LogP contribution in [0.25, 0.3) is 11.0 Å². The van der Waals surface area contributed by atoms with Crippen molar-refractivity contribution in [1.82, 2.24) is 14.9 Å². The topological polar surface area (TPSA) is 56.2 Å². The number of halogens is 1. The molecule has 0 saturated heterocycles. The van der Waals surface area contributed by atoms with Crippen molar-refractivity contribution in [3.05, 3.63) is 60.2 Å². The Morgan fingerprint density at radius 3 is 2.76 bits per heavy atom. The average Bonchev–Trinajstić information content (AvgIpc) is 2.92. The molecule has 0 unspecified atom stereocenters. The number of fused-ring (bicyclic) bond motifs is 1. The van der Waals surface area contributed by atoms with Crippen molar-refractivity contribution in [3.8, 4) is 5.75 Å². The van der Waals surface area contributed by atoms with E-state index in [1.807, 2.05) is 31.2 Å². The Balaban J connectivity index is 1.43. The third kappa shape index (κ3) is 4.35. The molecule has 0 aliphatic rings. The molecule has 1 amide bonds. The Bertz CT molecular complexity index is 859. The fraction of sp³-hybridized carbons (Fsp3) is 0.263. The van der Waals surface area contributed by atoms with Gasteiger partial charge in [-0.05, 0) is 43.3 Å². The molecule has 5 nitrogen and oxygen atoms in total. The molecular weight excluding hydrogens is 321 g/mol. The van der Waals surface area contributed by atoms with Gasteiger partial charge in [-0.1, -0.05) is 12.1 Å². The molecule has 0 aliphatic heterocycles. The van der Waals surface area contributed by atoms with Gasteiger partial charge in [0, 0.05) is 13.1 Å². The average molecular weight is 341 g/mol. The number of ether oxygens (including phenoxy) is 1. The van der Waals surface area contributed by atoms with E-state index in [1.165, 1.54) is 12.1 Å². The van der Waals surface area contributed by atoms with Crippen LogP contribution in [0.4, 0.5) is 4.39 Å². The highest BCUT2D eigenvalue weighted by Crippen LogP contribution is 2.15. The summed E-state index contributed by atoms with van der Waals surface area (Å²) in [6, 6.07) is 13.7. The fourth-order valence-corrected chi connectivity index (χ4v) is 2.67. The molecule has 0 saturated carbocycles. The predicted molar refractivity (Wildman–Crippen MR) is 94.0 cm³/mol. The maximum atomic E-state index is 12.8. The van der Waals surface area contributed by atoms with E-state index >= 15 is 0 Å². The Labute approximate surface area is 145 Å². The summed E-state index contributed by atoms with van der Waals surface area (Å²) in [5, 5.41) is 2.88. The highest BCUT2D eigenvalue weighted by molar-refractivity contribution is 5.76. The number of benzene rings is 2. The van der Waals surface area contributed by atoms with Crippen LogP contribution in [-0.4, -0.2) is 28.6 Å². The highest BCUT2D eigenvalue weighted by atomic mass is 19.1. The normalized spacial score (nSPS) is 10.8. The number of carbonyl (C=O) groups excluding carboxylic acids is 1. The quantitative estimate of drug-likeness (QED) is 0.718. The third-order valence-corrected chi connectivity index (χ3v) is 3.91. The van der Waals surface area contributed by atoms with Crippen molar-refractivity contribution >= 4 is 16.9 Å². The summed E-state index contributed by atoms with van der Waals surface area (Å²) in [5.41, 5.74) is 2.02. The summed E-state index contributed by atoms with van der Waals surface area (Å²) in [6.45, 7) is 3.40. The molecule has 0 spiro atoms. The zero-order valence-corrected chi connectivity index (χ0v) is 14.0. The van der Waals surface area contributed by atoms with E-state index in [9.17, 15) is 9.18 Å². The van der Waals surface area contributed by atoms with Gasteiger partial charge in [0.2, 0.25) is 5.91 Å². The van der Waals surface area contributed by atoms with Crippen molar-refractivity contribution in [2.75, 3.05) is 13.2 Å². The molecule has 2 aromatic carbocycles. The number of rotatable bonds is 7. The van der Waals surface area contributed by atoms with Gasteiger partial charge < -0.3 is 14.6 Å². The van der Waals surface area contributed by atoms with E-state index in [2.05, 4.69) is 14.9 Å². The first-order chi connectivity index (χ1) is 12.1. The predicted octanol–water partition coefficient (Wildman–Crippen LogP) is 3.07. The molecule has 1 heterocycles. The second-order valence-electron chi connectivity index (χ2n) is 5.70. The van der Waals surface area contributed by atoms with Crippen LogP contribution in [0.3, 0.4) is 0 Å². The first-order valence-electron chi connectivity index (χ1n) is 8.20. The van der Waals surface area contributed by atoms with Crippen molar-refractivity contribution < 1.29 is 13.9 Å². The molecule has 25 heavy (non-hydrogen) atoms. The molecule has 130 valence electrons. The minimum Gasteiger partial charge on any atom is -0.493 e. The summed E-state index contributed by atoms with van der Waals surface area (Å²) in [4.78, 5) is 16.4. The summed E-state index contributed by atoms with van der Waals surface area (Å²) >= 11 is 0. The lowest BCUT2D eigenvalue weighted by Gasteiger charge is -2.09. The number of hydrogen-bond acceptors (Lipinski definition) is 3. The van der Waals surface area contributed by atoms with Crippen LogP contribution >= 0.6 is 0 Å². The van der Waals surface area contributed by atoms with E-state index in [0.717, 1.165) is 16.9 Å². The molecule has 0 bridgehead atoms. The molecule has 0 fully saturated rings. The summed E-state index contributed by atoms with van der Waals surface area (Å²) < 4.78 is 20.3. The van der Waals surface area contributed by atoms with Crippen LogP contribution < -0.4 is 10.1 Å². The number of nitrogens with one attached hydrogen (secondary N) is 1. The van der Waals surface area contributed by atoms with Crippen LogP contribution in [0.15, 0.2) is 48.5 Å². The first-order valence-corrected chi connectivity index (χ1v) is 8.20. The van der Waals surface area contributed by atoms with Gasteiger partial charge in [0.05, 0.1) is 24.1 Å². The van der Waals surface area contributed by atoms with Gasteiger partial charge in [0.1, 0.15) is 17.4 Å².